The van der Waals surface area contributed by atoms with Crippen LogP contribution in [0.15, 0.2) is 11.0 Å². The van der Waals surface area contributed by atoms with E-state index in [1.54, 1.807) is 0 Å². The fourth-order valence-electron chi connectivity index (χ4n) is 1.48. The van der Waals surface area contributed by atoms with Gasteiger partial charge in [0.2, 0.25) is 0 Å². The van der Waals surface area contributed by atoms with Gasteiger partial charge in [-0.05, 0) is 6.92 Å². The minimum absolute atomic E-state index is 0.0308. The van der Waals surface area contributed by atoms with E-state index in [9.17, 15) is 18.0 Å². The van der Waals surface area contributed by atoms with E-state index in [0.29, 0.717) is 0 Å². The molecule has 2 N–H and O–H groups in total. The van der Waals surface area contributed by atoms with E-state index in [0.717, 1.165) is 10.9 Å². The molecule has 1 aromatic rings. The van der Waals surface area contributed by atoms with Crippen LogP contribution in [-0.4, -0.2) is 33.7 Å². The Balaban J connectivity index is 2.86. The monoisotopic (exact) mass is 299 g/mol. The Kier molecular flexibility index (Phi) is 5.19. The zero-order valence-electron chi connectivity index (χ0n) is 10.0. The Labute approximate surface area is 112 Å². The van der Waals surface area contributed by atoms with Crippen LogP contribution in [0.3, 0.4) is 0 Å². The second-order valence-electron chi connectivity index (χ2n) is 3.99. The number of nitrogens with one attached hydrogen (secondary N) is 1. The van der Waals surface area contributed by atoms with E-state index in [-0.39, 0.29) is 23.9 Å². The van der Waals surface area contributed by atoms with Crippen LogP contribution in [0, 0.1) is 0 Å². The van der Waals surface area contributed by atoms with Crippen molar-refractivity contribution in [3.8, 4) is 0 Å². The van der Waals surface area contributed by atoms with Crippen LogP contribution in [0.5, 0.6) is 0 Å². The van der Waals surface area contributed by atoms with Crippen molar-refractivity contribution in [1.29, 1.82) is 0 Å². The van der Waals surface area contributed by atoms with Gasteiger partial charge in [0.05, 0.1) is 31.5 Å². The summed E-state index contributed by atoms with van der Waals surface area (Å²) in [6.45, 7) is 1.00. The third kappa shape index (κ3) is 4.71. The molecule has 0 fully saturated rings. The smallest absolute Gasteiger partial charge is 0.391 e. The minimum atomic E-state index is -4.31. The Hall–Kier alpha value is -1.28. The summed E-state index contributed by atoms with van der Waals surface area (Å²) in [4.78, 5) is 11.6. The van der Waals surface area contributed by atoms with Crippen LogP contribution in [0.25, 0.3) is 0 Å². The molecule has 1 unspecified atom stereocenters. The van der Waals surface area contributed by atoms with Gasteiger partial charge in [0.1, 0.15) is 5.02 Å². The van der Waals surface area contributed by atoms with Crippen molar-refractivity contribution >= 4 is 17.3 Å². The first-order valence-electron chi connectivity index (χ1n) is 5.44. The Morgan fingerprint density at radius 3 is 2.74 bits per heavy atom. The number of nitrogens with zero attached hydrogens (tertiary/aromatic N) is 2. The van der Waals surface area contributed by atoms with Crippen molar-refractivity contribution in [2.75, 3.05) is 11.9 Å². The second kappa shape index (κ2) is 6.25. The van der Waals surface area contributed by atoms with Gasteiger partial charge in [-0.15, -0.1) is 0 Å². The molecule has 108 valence electrons. The summed E-state index contributed by atoms with van der Waals surface area (Å²) in [6.07, 6.45) is -4.20. The van der Waals surface area contributed by atoms with Crippen LogP contribution in [0.4, 0.5) is 18.9 Å². The van der Waals surface area contributed by atoms with Crippen LogP contribution in [-0.2, 0) is 6.54 Å². The average molecular weight is 300 g/mol. The molecule has 0 aliphatic carbocycles. The molecule has 0 saturated carbocycles. The maximum Gasteiger partial charge on any atom is 0.391 e. The molecule has 0 amide bonds. The molecule has 0 aliphatic heterocycles. The van der Waals surface area contributed by atoms with Crippen molar-refractivity contribution in [2.45, 2.75) is 32.1 Å². The zero-order valence-corrected chi connectivity index (χ0v) is 10.8. The summed E-state index contributed by atoms with van der Waals surface area (Å²) in [5, 5.41) is 14.6. The lowest BCUT2D eigenvalue weighted by atomic mass is 10.2. The molecule has 0 aromatic carbocycles. The van der Waals surface area contributed by atoms with Gasteiger partial charge in [0.25, 0.3) is 5.56 Å². The van der Waals surface area contributed by atoms with Crippen LogP contribution < -0.4 is 10.9 Å². The molecule has 0 bridgehead atoms. The quantitative estimate of drug-likeness (QED) is 0.867. The maximum atomic E-state index is 12.2. The van der Waals surface area contributed by atoms with Crippen LogP contribution in [0.2, 0.25) is 5.02 Å². The van der Waals surface area contributed by atoms with Gasteiger partial charge in [-0.3, -0.25) is 4.79 Å². The highest BCUT2D eigenvalue weighted by molar-refractivity contribution is 6.32. The van der Waals surface area contributed by atoms with Crippen molar-refractivity contribution in [2.24, 2.45) is 0 Å². The lowest BCUT2D eigenvalue weighted by molar-refractivity contribution is -0.136. The van der Waals surface area contributed by atoms with Gasteiger partial charge in [-0.2, -0.15) is 18.3 Å². The summed E-state index contributed by atoms with van der Waals surface area (Å²) in [7, 11) is 0. The molecule has 9 heteroatoms. The Morgan fingerprint density at radius 1 is 1.58 bits per heavy atom. The van der Waals surface area contributed by atoms with Gasteiger partial charge in [0, 0.05) is 6.04 Å². The van der Waals surface area contributed by atoms with E-state index in [2.05, 4.69) is 10.4 Å². The van der Waals surface area contributed by atoms with Gasteiger partial charge >= 0.3 is 6.18 Å². The fraction of sp³-hybridized carbons (Fsp3) is 0.600. The van der Waals surface area contributed by atoms with Crippen molar-refractivity contribution < 1.29 is 18.3 Å². The first-order chi connectivity index (χ1) is 8.74. The second-order valence-corrected chi connectivity index (χ2v) is 4.37. The number of aliphatic hydroxyl groups is 1. The fourth-order valence-corrected chi connectivity index (χ4v) is 1.68. The standard InChI is InChI=1S/C10H13ClF3N3O2/c1-6(4-10(12,13)14)16-7-5-15-17(2-3-18)9(19)8(7)11/h5-6,16,18H,2-4H2,1H3. The molecule has 1 heterocycles. The Bertz CT molecular complexity index is 490. The van der Waals surface area contributed by atoms with Crippen LogP contribution >= 0.6 is 11.6 Å². The van der Waals surface area contributed by atoms with Crippen molar-refractivity contribution in [3.63, 3.8) is 0 Å². The molecule has 1 rings (SSSR count). The van der Waals surface area contributed by atoms with Crippen LogP contribution in [0.1, 0.15) is 13.3 Å². The number of hydrogen-bond acceptors (Lipinski definition) is 4. The van der Waals surface area contributed by atoms with Gasteiger partial charge < -0.3 is 10.4 Å². The number of anilines is 1. The molecular weight excluding hydrogens is 287 g/mol. The number of rotatable bonds is 5. The first kappa shape index (κ1) is 15.8. The van der Waals surface area contributed by atoms with E-state index < -0.39 is 24.2 Å². The zero-order chi connectivity index (χ0) is 14.6. The number of halogens is 4. The SMILES string of the molecule is CC(CC(F)(F)F)Nc1cnn(CCO)c(=O)c1Cl. The third-order valence-corrected chi connectivity index (χ3v) is 2.60. The van der Waals surface area contributed by atoms with Crippen molar-refractivity contribution in [3.05, 3.63) is 21.6 Å². The van der Waals surface area contributed by atoms with E-state index in [4.69, 9.17) is 16.7 Å². The molecule has 1 aromatic heterocycles. The molecular formula is C10H13ClF3N3O2. The third-order valence-electron chi connectivity index (χ3n) is 2.24. The lowest BCUT2D eigenvalue weighted by Gasteiger charge is -2.17. The van der Waals surface area contributed by atoms with Gasteiger partial charge in [-0.25, -0.2) is 4.68 Å². The highest BCUT2D eigenvalue weighted by atomic mass is 35.5. The number of alkyl halides is 3. The summed E-state index contributed by atoms with van der Waals surface area (Å²) in [5.74, 6) is 0. The average Bonchev–Trinajstić information content (AvgIpc) is 2.26. The molecule has 19 heavy (non-hydrogen) atoms. The number of hydrogen-bond donors (Lipinski definition) is 2. The summed E-state index contributed by atoms with van der Waals surface area (Å²) in [5.41, 5.74) is -0.627. The predicted molar refractivity (Wildman–Crippen MR) is 64.3 cm³/mol. The Morgan fingerprint density at radius 2 is 2.21 bits per heavy atom. The lowest BCUT2D eigenvalue weighted by Crippen LogP contribution is -2.28. The highest BCUT2D eigenvalue weighted by Crippen LogP contribution is 2.24. The maximum absolute atomic E-state index is 12.2. The van der Waals surface area contributed by atoms with E-state index >= 15 is 0 Å². The topological polar surface area (TPSA) is 67.2 Å². The van der Waals surface area contributed by atoms with Gasteiger partial charge in [-0.1, -0.05) is 11.6 Å². The summed E-state index contributed by atoms with van der Waals surface area (Å²) in [6, 6.07) is -0.938. The molecule has 0 spiro atoms. The van der Waals surface area contributed by atoms with Crippen molar-refractivity contribution in [1.82, 2.24) is 9.78 Å². The molecule has 0 saturated heterocycles. The summed E-state index contributed by atoms with van der Waals surface area (Å²) >= 11 is 5.75. The molecule has 0 aliphatic rings. The minimum Gasteiger partial charge on any atom is -0.394 e. The van der Waals surface area contributed by atoms with E-state index in [1.807, 2.05) is 0 Å². The molecule has 0 radical (unpaired) electrons. The number of aromatic nitrogens is 2. The molecule has 5 nitrogen and oxygen atoms in total. The summed E-state index contributed by atoms with van der Waals surface area (Å²) < 4.78 is 37.4. The first-order valence-corrected chi connectivity index (χ1v) is 5.82. The highest BCUT2D eigenvalue weighted by Gasteiger charge is 2.30. The van der Waals surface area contributed by atoms with Gasteiger partial charge in [0.15, 0.2) is 0 Å². The number of aliphatic hydroxyl groups excluding tert-OH is 1. The van der Waals surface area contributed by atoms with E-state index in [1.165, 1.54) is 6.92 Å². The normalized spacial score (nSPS) is 13.4. The largest absolute Gasteiger partial charge is 0.394 e. The predicted octanol–water partition coefficient (Wildman–Crippen LogP) is 1.64. The molecule has 1 atom stereocenters.